The minimum absolute atomic E-state index is 0.694. The van der Waals surface area contributed by atoms with Crippen molar-refractivity contribution >= 4 is 29.5 Å². The maximum atomic E-state index is 5.23. The van der Waals surface area contributed by atoms with E-state index >= 15 is 0 Å². The molecule has 0 saturated carbocycles. The summed E-state index contributed by atoms with van der Waals surface area (Å²) in [7, 11) is 2.04. The largest absolute Gasteiger partial charge is 0.339 e. The van der Waals surface area contributed by atoms with Crippen LogP contribution in [-0.2, 0) is 13.1 Å². The Hall–Kier alpha value is -1.14. The summed E-state index contributed by atoms with van der Waals surface area (Å²) in [6, 6.07) is 4.20. The fourth-order valence-electron chi connectivity index (χ4n) is 1.73. The molecule has 0 fully saturated rings. The number of H-pyrrole nitrogens is 1. The van der Waals surface area contributed by atoms with Crippen molar-refractivity contribution in [1.82, 2.24) is 14.8 Å². The third kappa shape index (κ3) is 2.76. The lowest BCUT2D eigenvalue weighted by Crippen LogP contribution is -2.20. The summed E-state index contributed by atoms with van der Waals surface area (Å²) in [5.74, 6) is 0.908. The van der Waals surface area contributed by atoms with Gasteiger partial charge in [0.25, 0.3) is 0 Å². The average Bonchev–Trinajstić information content (AvgIpc) is 2.91. The van der Waals surface area contributed by atoms with Crippen LogP contribution in [0.25, 0.3) is 0 Å². The maximum absolute atomic E-state index is 5.23. The molecule has 92 valence electrons. The highest BCUT2D eigenvalue weighted by Gasteiger charge is 2.11. The van der Waals surface area contributed by atoms with Gasteiger partial charge in [0.2, 0.25) is 5.95 Å². The number of hydrogen-bond donors (Lipinski definition) is 1. The summed E-state index contributed by atoms with van der Waals surface area (Å²) in [6.45, 7) is 3.90. The number of nitrogens with zero attached hydrogens (tertiary/aromatic N) is 3. The molecule has 17 heavy (non-hydrogen) atoms. The lowest BCUT2D eigenvalue weighted by Gasteiger charge is -2.17. The zero-order valence-corrected chi connectivity index (χ0v) is 11.6. The van der Waals surface area contributed by atoms with Gasteiger partial charge in [-0.3, -0.25) is 4.57 Å². The molecular weight excluding hydrogens is 252 g/mol. The lowest BCUT2D eigenvalue weighted by molar-refractivity contribution is 0.655. The molecule has 4 nitrogen and oxygen atoms in total. The summed E-state index contributed by atoms with van der Waals surface area (Å²) < 4.78 is 2.74. The number of nitrogens with one attached hydrogen (secondary N) is 1. The van der Waals surface area contributed by atoms with Crippen LogP contribution in [-0.4, -0.2) is 21.8 Å². The average molecular weight is 268 g/mol. The zero-order chi connectivity index (χ0) is 12.3. The molecule has 0 atom stereocenters. The Bertz CT molecular complexity index is 512. The molecule has 0 bridgehead atoms. The third-order valence-corrected chi connectivity index (χ3v) is 3.67. The van der Waals surface area contributed by atoms with E-state index in [4.69, 9.17) is 12.2 Å². The molecular formula is C11H16N4S2. The fourth-order valence-corrected chi connectivity index (χ4v) is 2.71. The first-order valence-corrected chi connectivity index (χ1v) is 6.90. The Balaban J connectivity index is 2.18. The standard InChI is InChI=1S/C11H16N4S2/c1-3-6-15-10(12-13-11(15)16)14(2)8-9-5-4-7-17-9/h4-5,7H,3,6,8H2,1-2H3,(H,13,16). The van der Waals surface area contributed by atoms with E-state index in [1.807, 2.05) is 11.6 Å². The molecule has 0 spiro atoms. The zero-order valence-electron chi connectivity index (χ0n) is 10.0. The van der Waals surface area contributed by atoms with E-state index in [1.54, 1.807) is 11.3 Å². The molecule has 0 aliphatic carbocycles. The molecule has 2 aromatic heterocycles. The number of aromatic nitrogens is 3. The summed E-state index contributed by atoms with van der Waals surface area (Å²) in [5.41, 5.74) is 0. The van der Waals surface area contributed by atoms with Gasteiger partial charge in [0.1, 0.15) is 0 Å². The Morgan fingerprint density at radius 3 is 3.06 bits per heavy atom. The van der Waals surface area contributed by atoms with Crippen LogP contribution in [0.1, 0.15) is 18.2 Å². The van der Waals surface area contributed by atoms with Crippen molar-refractivity contribution in [2.24, 2.45) is 0 Å². The van der Waals surface area contributed by atoms with Gasteiger partial charge in [0, 0.05) is 18.5 Å². The van der Waals surface area contributed by atoms with Crippen molar-refractivity contribution in [3.63, 3.8) is 0 Å². The lowest BCUT2D eigenvalue weighted by atomic mass is 10.4. The Kier molecular flexibility index (Phi) is 3.96. The minimum Gasteiger partial charge on any atom is -0.339 e. The van der Waals surface area contributed by atoms with E-state index in [9.17, 15) is 0 Å². The third-order valence-electron chi connectivity index (χ3n) is 2.50. The quantitative estimate of drug-likeness (QED) is 0.847. The molecule has 0 amide bonds. The van der Waals surface area contributed by atoms with Crippen LogP contribution in [0.15, 0.2) is 17.5 Å². The molecule has 0 saturated heterocycles. The van der Waals surface area contributed by atoms with Crippen LogP contribution in [0, 0.1) is 4.77 Å². The Labute approximate surface area is 110 Å². The van der Waals surface area contributed by atoms with Gasteiger partial charge in [0.15, 0.2) is 4.77 Å². The number of rotatable bonds is 5. The molecule has 2 aromatic rings. The van der Waals surface area contributed by atoms with Crippen molar-refractivity contribution in [2.75, 3.05) is 11.9 Å². The van der Waals surface area contributed by atoms with E-state index in [0.29, 0.717) is 4.77 Å². The van der Waals surface area contributed by atoms with E-state index < -0.39 is 0 Å². The molecule has 0 aromatic carbocycles. The SMILES string of the molecule is CCCn1c(N(C)Cc2cccs2)n[nH]c1=S. The van der Waals surface area contributed by atoms with Crippen molar-refractivity contribution in [3.8, 4) is 0 Å². The summed E-state index contributed by atoms with van der Waals surface area (Å²) in [4.78, 5) is 3.44. The predicted octanol–water partition coefficient (Wildman–Crippen LogP) is 3.05. The molecule has 2 heterocycles. The normalized spacial score (nSPS) is 10.7. The summed E-state index contributed by atoms with van der Waals surface area (Å²) in [5, 5.41) is 9.24. The van der Waals surface area contributed by atoms with Gasteiger partial charge in [-0.25, -0.2) is 5.10 Å². The highest BCUT2D eigenvalue weighted by atomic mass is 32.1. The molecule has 2 rings (SSSR count). The summed E-state index contributed by atoms with van der Waals surface area (Å²) in [6.07, 6.45) is 1.05. The second kappa shape index (κ2) is 5.46. The first-order chi connectivity index (χ1) is 8.22. The van der Waals surface area contributed by atoms with Crippen LogP contribution >= 0.6 is 23.6 Å². The molecule has 0 unspecified atom stereocenters. The topological polar surface area (TPSA) is 36.9 Å². The number of aromatic amines is 1. The first kappa shape index (κ1) is 12.3. The van der Waals surface area contributed by atoms with Crippen molar-refractivity contribution in [2.45, 2.75) is 26.4 Å². The van der Waals surface area contributed by atoms with Gasteiger partial charge in [-0.1, -0.05) is 13.0 Å². The highest BCUT2D eigenvalue weighted by Crippen LogP contribution is 2.16. The van der Waals surface area contributed by atoms with E-state index in [2.05, 4.69) is 39.5 Å². The van der Waals surface area contributed by atoms with Gasteiger partial charge >= 0.3 is 0 Å². The smallest absolute Gasteiger partial charge is 0.225 e. The van der Waals surface area contributed by atoms with Gasteiger partial charge < -0.3 is 4.90 Å². The van der Waals surface area contributed by atoms with Gasteiger partial charge in [-0.2, -0.15) is 0 Å². The molecule has 0 radical (unpaired) electrons. The minimum atomic E-state index is 0.694. The van der Waals surface area contributed by atoms with Gasteiger partial charge in [-0.05, 0) is 30.1 Å². The van der Waals surface area contributed by atoms with Crippen molar-refractivity contribution < 1.29 is 0 Å². The highest BCUT2D eigenvalue weighted by molar-refractivity contribution is 7.71. The van der Waals surface area contributed by atoms with Gasteiger partial charge in [0.05, 0.1) is 6.54 Å². The van der Waals surface area contributed by atoms with Crippen LogP contribution in [0.2, 0.25) is 0 Å². The van der Waals surface area contributed by atoms with Gasteiger partial charge in [-0.15, -0.1) is 16.4 Å². The second-order valence-electron chi connectivity index (χ2n) is 3.92. The molecule has 1 N–H and O–H groups in total. The molecule has 0 aliphatic heterocycles. The van der Waals surface area contributed by atoms with Crippen LogP contribution in [0.5, 0.6) is 0 Å². The van der Waals surface area contributed by atoms with Crippen molar-refractivity contribution in [3.05, 3.63) is 27.2 Å². The number of thiophene rings is 1. The Morgan fingerprint density at radius 2 is 2.41 bits per heavy atom. The van der Waals surface area contributed by atoms with Crippen LogP contribution in [0.3, 0.4) is 0 Å². The number of hydrogen-bond acceptors (Lipinski definition) is 4. The van der Waals surface area contributed by atoms with Crippen LogP contribution in [0.4, 0.5) is 5.95 Å². The summed E-state index contributed by atoms with van der Waals surface area (Å²) >= 11 is 6.98. The van der Waals surface area contributed by atoms with E-state index in [-0.39, 0.29) is 0 Å². The van der Waals surface area contributed by atoms with Crippen molar-refractivity contribution in [1.29, 1.82) is 0 Å². The second-order valence-corrected chi connectivity index (χ2v) is 5.33. The molecule has 0 aliphatic rings. The van der Waals surface area contributed by atoms with Crippen LogP contribution < -0.4 is 4.90 Å². The fraction of sp³-hybridized carbons (Fsp3) is 0.455. The van der Waals surface area contributed by atoms with E-state index in [0.717, 1.165) is 25.5 Å². The predicted molar refractivity (Wildman–Crippen MR) is 74.1 cm³/mol. The number of anilines is 1. The molecule has 6 heteroatoms. The maximum Gasteiger partial charge on any atom is 0.225 e. The van der Waals surface area contributed by atoms with E-state index in [1.165, 1.54) is 4.88 Å². The first-order valence-electron chi connectivity index (χ1n) is 5.61. The Morgan fingerprint density at radius 1 is 1.59 bits per heavy atom. The monoisotopic (exact) mass is 268 g/mol.